The van der Waals surface area contributed by atoms with E-state index in [2.05, 4.69) is 15.0 Å². The van der Waals surface area contributed by atoms with Crippen LogP contribution in [0.3, 0.4) is 0 Å². The Morgan fingerprint density at radius 2 is 1.69 bits per heavy atom. The van der Waals surface area contributed by atoms with Crippen molar-refractivity contribution in [1.29, 1.82) is 0 Å². The first kappa shape index (κ1) is 21.7. The number of aromatic nitrogens is 2. The van der Waals surface area contributed by atoms with Crippen LogP contribution in [0.15, 0.2) is 95.1 Å². The summed E-state index contributed by atoms with van der Waals surface area (Å²) in [5, 5.41) is 8.77. The topological polar surface area (TPSA) is 76.3 Å². The number of nitrogens with zero attached hydrogens (tertiary/aromatic N) is 3. The second-order valence-corrected chi connectivity index (χ2v) is 8.93. The number of benzene rings is 3. The van der Waals surface area contributed by atoms with Crippen LogP contribution in [0.5, 0.6) is 0 Å². The summed E-state index contributed by atoms with van der Waals surface area (Å²) in [6.45, 7) is 0.106. The number of hydrogen-bond acceptors (Lipinski definition) is 4. The number of hydrogen-bond donors (Lipinski definition) is 1. The SMILES string of the molecule is O=S(=O)(N/N=C/c1cn(Cc2c(F)cccc2Cl)nc1-c1ccccc1)c1ccccc1. The molecule has 6 nitrogen and oxygen atoms in total. The van der Waals surface area contributed by atoms with E-state index in [0.717, 1.165) is 5.56 Å². The molecule has 0 aliphatic heterocycles. The van der Waals surface area contributed by atoms with Gasteiger partial charge in [-0.25, -0.2) is 9.22 Å². The molecule has 3 aromatic carbocycles. The highest BCUT2D eigenvalue weighted by atomic mass is 35.5. The number of rotatable bonds is 7. The van der Waals surface area contributed by atoms with E-state index < -0.39 is 15.8 Å². The van der Waals surface area contributed by atoms with Gasteiger partial charge in [-0.3, -0.25) is 4.68 Å². The van der Waals surface area contributed by atoms with Gasteiger partial charge in [0.1, 0.15) is 11.5 Å². The Morgan fingerprint density at radius 1 is 1.00 bits per heavy atom. The third-order valence-electron chi connectivity index (χ3n) is 4.65. The van der Waals surface area contributed by atoms with Crippen LogP contribution in [0.4, 0.5) is 4.39 Å². The minimum absolute atomic E-state index is 0.102. The summed E-state index contributed by atoms with van der Waals surface area (Å²) in [5.41, 5.74) is 2.24. The number of sulfonamides is 1. The minimum atomic E-state index is -3.80. The molecule has 0 saturated carbocycles. The highest BCUT2D eigenvalue weighted by molar-refractivity contribution is 7.89. The van der Waals surface area contributed by atoms with Crippen molar-refractivity contribution >= 4 is 27.8 Å². The van der Waals surface area contributed by atoms with Crippen LogP contribution < -0.4 is 4.83 Å². The molecule has 0 aliphatic rings. The first-order chi connectivity index (χ1) is 15.4. The van der Waals surface area contributed by atoms with E-state index in [-0.39, 0.29) is 11.4 Å². The normalized spacial score (nSPS) is 11.7. The number of nitrogens with one attached hydrogen (secondary N) is 1. The summed E-state index contributed by atoms with van der Waals surface area (Å²) in [7, 11) is -3.80. The van der Waals surface area contributed by atoms with Crippen molar-refractivity contribution in [1.82, 2.24) is 14.6 Å². The quantitative estimate of drug-likeness (QED) is 0.315. The maximum Gasteiger partial charge on any atom is 0.276 e. The van der Waals surface area contributed by atoms with Gasteiger partial charge in [-0.15, -0.1) is 0 Å². The second kappa shape index (κ2) is 9.33. The van der Waals surface area contributed by atoms with Gasteiger partial charge >= 0.3 is 0 Å². The minimum Gasteiger partial charge on any atom is -0.267 e. The molecule has 0 atom stereocenters. The lowest BCUT2D eigenvalue weighted by Crippen LogP contribution is -2.18. The molecule has 0 spiro atoms. The number of halogens is 2. The molecule has 1 heterocycles. The predicted molar refractivity (Wildman–Crippen MR) is 123 cm³/mol. The second-order valence-electron chi connectivity index (χ2n) is 6.86. The van der Waals surface area contributed by atoms with E-state index >= 15 is 0 Å². The molecular weight excluding hydrogens is 451 g/mol. The third-order valence-corrected chi connectivity index (χ3v) is 6.24. The van der Waals surface area contributed by atoms with Crippen molar-refractivity contribution in [2.45, 2.75) is 11.4 Å². The largest absolute Gasteiger partial charge is 0.276 e. The molecular formula is C23H18ClFN4O2S. The van der Waals surface area contributed by atoms with Crippen LogP contribution in [0.1, 0.15) is 11.1 Å². The van der Waals surface area contributed by atoms with Gasteiger partial charge in [-0.2, -0.15) is 18.6 Å². The van der Waals surface area contributed by atoms with E-state index in [1.807, 2.05) is 30.3 Å². The van der Waals surface area contributed by atoms with Crippen LogP contribution in [-0.2, 0) is 16.6 Å². The lowest BCUT2D eigenvalue weighted by Gasteiger charge is -2.05. The van der Waals surface area contributed by atoms with Crippen molar-refractivity contribution in [3.63, 3.8) is 0 Å². The Balaban J connectivity index is 1.65. The van der Waals surface area contributed by atoms with Crippen LogP contribution in [0, 0.1) is 5.82 Å². The van der Waals surface area contributed by atoms with Gasteiger partial charge in [0.2, 0.25) is 0 Å². The van der Waals surface area contributed by atoms with Crippen molar-refractivity contribution < 1.29 is 12.8 Å². The predicted octanol–water partition coefficient (Wildman–Crippen LogP) is 4.70. The summed E-state index contributed by atoms with van der Waals surface area (Å²) in [6.07, 6.45) is 3.03. The van der Waals surface area contributed by atoms with Gasteiger partial charge in [0.15, 0.2) is 0 Å². The molecule has 9 heteroatoms. The van der Waals surface area contributed by atoms with E-state index in [9.17, 15) is 12.8 Å². The Morgan fingerprint density at radius 3 is 2.38 bits per heavy atom. The van der Waals surface area contributed by atoms with Gasteiger partial charge in [0.25, 0.3) is 10.0 Å². The zero-order valence-electron chi connectivity index (χ0n) is 16.7. The summed E-state index contributed by atoms with van der Waals surface area (Å²) in [5.74, 6) is -0.430. The highest BCUT2D eigenvalue weighted by Crippen LogP contribution is 2.24. The molecule has 0 aliphatic carbocycles. The molecule has 0 fully saturated rings. The highest BCUT2D eigenvalue weighted by Gasteiger charge is 2.15. The third kappa shape index (κ3) is 4.87. The molecule has 1 N–H and O–H groups in total. The van der Waals surface area contributed by atoms with E-state index in [4.69, 9.17) is 11.6 Å². The molecule has 1 aromatic heterocycles. The smallest absolute Gasteiger partial charge is 0.267 e. The fourth-order valence-corrected chi connectivity index (χ4v) is 4.13. The Kier molecular flexibility index (Phi) is 6.34. The van der Waals surface area contributed by atoms with Gasteiger partial charge in [-0.05, 0) is 24.3 Å². The van der Waals surface area contributed by atoms with Gasteiger partial charge in [-0.1, -0.05) is 66.2 Å². The van der Waals surface area contributed by atoms with Gasteiger partial charge in [0.05, 0.1) is 17.7 Å². The Bertz CT molecular complexity index is 1340. The Labute approximate surface area is 190 Å². The van der Waals surface area contributed by atoms with E-state index in [1.165, 1.54) is 30.5 Å². The average molecular weight is 469 g/mol. The van der Waals surface area contributed by atoms with Crippen LogP contribution >= 0.6 is 11.6 Å². The summed E-state index contributed by atoms with van der Waals surface area (Å²) < 4.78 is 40.6. The van der Waals surface area contributed by atoms with E-state index in [0.29, 0.717) is 21.8 Å². The molecule has 162 valence electrons. The lowest BCUT2D eigenvalue weighted by atomic mass is 10.1. The molecule has 0 amide bonds. The Hall–Kier alpha value is -3.49. The monoisotopic (exact) mass is 468 g/mol. The van der Waals surface area contributed by atoms with Gasteiger partial charge in [0, 0.05) is 27.9 Å². The fraction of sp³-hybridized carbons (Fsp3) is 0.0435. The molecule has 0 radical (unpaired) electrons. The zero-order chi connectivity index (χ0) is 22.6. The first-order valence-corrected chi connectivity index (χ1v) is 11.5. The lowest BCUT2D eigenvalue weighted by molar-refractivity contribution is 0.584. The molecule has 4 aromatic rings. The maximum absolute atomic E-state index is 14.2. The fourth-order valence-electron chi connectivity index (χ4n) is 3.10. The molecule has 32 heavy (non-hydrogen) atoms. The van der Waals surface area contributed by atoms with Crippen LogP contribution in [0.25, 0.3) is 11.3 Å². The molecule has 4 rings (SSSR count). The summed E-state index contributed by atoms with van der Waals surface area (Å²) in [4.78, 5) is 2.31. The van der Waals surface area contributed by atoms with E-state index in [1.54, 1.807) is 35.1 Å². The van der Waals surface area contributed by atoms with Crippen molar-refractivity contribution in [3.8, 4) is 11.3 Å². The molecule has 0 saturated heterocycles. The van der Waals surface area contributed by atoms with Crippen LogP contribution in [-0.4, -0.2) is 24.4 Å². The van der Waals surface area contributed by atoms with Crippen molar-refractivity contribution in [3.05, 3.63) is 107 Å². The summed E-state index contributed by atoms with van der Waals surface area (Å²) in [6, 6.07) is 21.8. The van der Waals surface area contributed by atoms with Crippen molar-refractivity contribution in [2.24, 2.45) is 5.10 Å². The average Bonchev–Trinajstić information content (AvgIpc) is 3.20. The molecule has 0 bridgehead atoms. The zero-order valence-corrected chi connectivity index (χ0v) is 18.3. The maximum atomic E-state index is 14.2. The first-order valence-electron chi connectivity index (χ1n) is 9.60. The van der Waals surface area contributed by atoms with Gasteiger partial charge < -0.3 is 0 Å². The standard InChI is InChI=1S/C23H18ClFN4O2S/c24-21-12-7-13-22(25)20(21)16-29-15-18(23(27-29)17-8-3-1-4-9-17)14-26-28-32(30,31)19-10-5-2-6-11-19/h1-15,28H,16H2/b26-14+. The summed E-state index contributed by atoms with van der Waals surface area (Å²) >= 11 is 6.15. The van der Waals surface area contributed by atoms with Crippen molar-refractivity contribution in [2.75, 3.05) is 0 Å². The molecule has 0 unspecified atom stereocenters. The number of hydrazone groups is 1. The van der Waals surface area contributed by atoms with Crippen LogP contribution in [0.2, 0.25) is 5.02 Å².